The van der Waals surface area contributed by atoms with Crippen molar-refractivity contribution in [2.45, 2.75) is 0 Å². The van der Waals surface area contributed by atoms with Gasteiger partial charge in [-0.15, -0.1) is 0 Å². The van der Waals surface area contributed by atoms with Gasteiger partial charge in [0.05, 0.1) is 4.91 Å². The van der Waals surface area contributed by atoms with Crippen molar-refractivity contribution in [3.05, 3.63) is 76.2 Å². The fourth-order valence-corrected chi connectivity index (χ4v) is 2.85. The maximum atomic E-state index is 12.0. The minimum absolute atomic E-state index is 0.112. The molecule has 2 amide bonds. The number of imide groups is 1. The Balaban J connectivity index is 1.69. The van der Waals surface area contributed by atoms with Gasteiger partial charge in [0.25, 0.3) is 11.1 Å². The molecule has 6 heteroatoms. The van der Waals surface area contributed by atoms with Crippen molar-refractivity contribution in [3.63, 3.8) is 0 Å². The lowest BCUT2D eigenvalue weighted by Crippen LogP contribution is -2.17. The van der Waals surface area contributed by atoms with E-state index in [0.29, 0.717) is 10.5 Å². The maximum Gasteiger partial charge on any atom is 0.290 e. The number of phenolic OH excluding ortho intramolecular Hbond substituents is 1. The van der Waals surface area contributed by atoms with Crippen molar-refractivity contribution in [2.24, 2.45) is 0 Å². The molecule has 0 radical (unpaired) electrons. The third-order valence-electron chi connectivity index (χ3n) is 3.46. The summed E-state index contributed by atoms with van der Waals surface area (Å²) in [6.45, 7) is 0. The van der Waals surface area contributed by atoms with Gasteiger partial charge in [0.1, 0.15) is 5.75 Å². The summed E-state index contributed by atoms with van der Waals surface area (Å²) in [7, 11) is 0. The van der Waals surface area contributed by atoms with E-state index in [-0.39, 0.29) is 16.8 Å². The largest absolute Gasteiger partial charge is 0.508 e. The second kappa shape index (κ2) is 7.19. The molecule has 0 atom stereocenters. The standard InChI is InChI=1S/C19H13NO4S/c21-15-8-6-14(7-9-15)16(22)10-5-12-1-3-13(4-2-12)11-17-18(23)20-19(24)25-17/h1-11,21H,(H,20,23,24)/b10-5+,17-11-. The average Bonchev–Trinajstić information content (AvgIpc) is 2.92. The number of carbonyl (C=O) groups is 3. The van der Waals surface area contributed by atoms with Crippen molar-refractivity contribution < 1.29 is 19.5 Å². The summed E-state index contributed by atoms with van der Waals surface area (Å²) in [6.07, 6.45) is 4.78. The summed E-state index contributed by atoms with van der Waals surface area (Å²) >= 11 is 0.871. The number of thioether (sulfide) groups is 1. The highest BCUT2D eigenvalue weighted by Gasteiger charge is 2.24. The molecular weight excluding hydrogens is 338 g/mol. The molecule has 1 heterocycles. The second-order valence-corrected chi connectivity index (χ2v) is 6.28. The quantitative estimate of drug-likeness (QED) is 0.649. The van der Waals surface area contributed by atoms with Gasteiger partial charge in [-0.25, -0.2) is 0 Å². The Morgan fingerprint density at radius 2 is 1.60 bits per heavy atom. The zero-order valence-corrected chi connectivity index (χ0v) is 13.7. The Morgan fingerprint density at radius 1 is 0.960 bits per heavy atom. The second-order valence-electron chi connectivity index (χ2n) is 5.26. The van der Waals surface area contributed by atoms with Crippen LogP contribution in [0.15, 0.2) is 59.5 Å². The van der Waals surface area contributed by atoms with E-state index in [1.54, 1.807) is 36.4 Å². The molecule has 0 unspecified atom stereocenters. The van der Waals surface area contributed by atoms with Crippen molar-refractivity contribution in [3.8, 4) is 5.75 Å². The molecule has 5 nitrogen and oxygen atoms in total. The van der Waals surface area contributed by atoms with Crippen molar-refractivity contribution in [1.29, 1.82) is 0 Å². The van der Waals surface area contributed by atoms with Crippen molar-refractivity contribution in [1.82, 2.24) is 5.32 Å². The van der Waals surface area contributed by atoms with Crippen LogP contribution in [-0.4, -0.2) is 22.0 Å². The Labute approximate surface area is 148 Å². The third kappa shape index (κ3) is 4.24. The number of hydrogen-bond acceptors (Lipinski definition) is 5. The van der Waals surface area contributed by atoms with E-state index in [1.807, 2.05) is 12.1 Å². The first kappa shape index (κ1) is 16.7. The fraction of sp³-hybridized carbons (Fsp3) is 0. The zero-order valence-electron chi connectivity index (χ0n) is 12.9. The number of nitrogens with one attached hydrogen (secondary N) is 1. The molecular formula is C19H13NO4S. The van der Waals surface area contributed by atoms with Crippen LogP contribution in [0.3, 0.4) is 0 Å². The Hall–Kier alpha value is -3.12. The SMILES string of the molecule is O=C1NC(=O)/C(=C/c2ccc(/C=C/C(=O)c3ccc(O)cc3)cc2)S1. The van der Waals surface area contributed by atoms with Crippen LogP contribution in [0.2, 0.25) is 0 Å². The molecule has 2 aromatic carbocycles. The number of allylic oxidation sites excluding steroid dienone is 1. The highest BCUT2D eigenvalue weighted by molar-refractivity contribution is 8.18. The molecule has 0 aromatic heterocycles. The van der Waals surface area contributed by atoms with Crippen LogP contribution < -0.4 is 5.32 Å². The number of aromatic hydroxyl groups is 1. The number of hydrogen-bond donors (Lipinski definition) is 2. The van der Waals surface area contributed by atoms with Crippen LogP contribution in [-0.2, 0) is 4.79 Å². The number of benzene rings is 2. The van der Waals surface area contributed by atoms with E-state index >= 15 is 0 Å². The van der Waals surface area contributed by atoms with Gasteiger partial charge in [-0.05, 0) is 59.3 Å². The first-order valence-corrected chi connectivity index (χ1v) is 8.19. The summed E-state index contributed by atoms with van der Waals surface area (Å²) in [5.41, 5.74) is 2.10. The lowest BCUT2D eigenvalue weighted by Gasteiger charge is -1.98. The summed E-state index contributed by atoms with van der Waals surface area (Å²) < 4.78 is 0. The molecule has 1 saturated heterocycles. The molecule has 0 saturated carbocycles. The van der Waals surface area contributed by atoms with Gasteiger partial charge >= 0.3 is 0 Å². The van der Waals surface area contributed by atoms with Gasteiger partial charge in [0.2, 0.25) is 0 Å². The van der Waals surface area contributed by atoms with Gasteiger partial charge in [-0.1, -0.05) is 30.3 Å². The third-order valence-corrected chi connectivity index (χ3v) is 4.27. The lowest BCUT2D eigenvalue weighted by molar-refractivity contribution is -0.115. The number of phenols is 1. The van der Waals surface area contributed by atoms with Crippen LogP contribution in [0.1, 0.15) is 21.5 Å². The molecule has 0 bridgehead atoms. The first-order valence-electron chi connectivity index (χ1n) is 7.37. The van der Waals surface area contributed by atoms with Gasteiger partial charge in [-0.2, -0.15) is 0 Å². The Kier molecular flexibility index (Phi) is 4.81. The van der Waals surface area contributed by atoms with Crippen LogP contribution in [0.4, 0.5) is 4.79 Å². The van der Waals surface area contributed by atoms with Crippen LogP contribution in [0, 0.1) is 0 Å². The Bertz CT molecular complexity index is 896. The maximum absolute atomic E-state index is 12.0. The summed E-state index contributed by atoms with van der Waals surface area (Å²) in [6, 6.07) is 13.3. The van der Waals surface area contributed by atoms with Crippen LogP contribution >= 0.6 is 11.8 Å². The highest BCUT2D eigenvalue weighted by atomic mass is 32.2. The number of rotatable bonds is 4. The molecule has 3 rings (SSSR count). The molecule has 1 fully saturated rings. The summed E-state index contributed by atoms with van der Waals surface area (Å²) in [5, 5.41) is 11.1. The number of amides is 2. The fourth-order valence-electron chi connectivity index (χ4n) is 2.17. The lowest BCUT2D eigenvalue weighted by atomic mass is 10.1. The van der Waals surface area contributed by atoms with Crippen LogP contribution in [0.5, 0.6) is 5.75 Å². The smallest absolute Gasteiger partial charge is 0.290 e. The predicted molar refractivity (Wildman–Crippen MR) is 97.0 cm³/mol. The topological polar surface area (TPSA) is 83.5 Å². The highest BCUT2D eigenvalue weighted by Crippen LogP contribution is 2.25. The van der Waals surface area contributed by atoms with E-state index in [4.69, 9.17) is 0 Å². The molecule has 2 N–H and O–H groups in total. The predicted octanol–water partition coefficient (Wildman–Crippen LogP) is 3.61. The van der Waals surface area contributed by atoms with Gasteiger partial charge in [-0.3, -0.25) is 19.7 Å². The summed E-state index contributed by atoms with van der Waals surface area (Å²) in [5.74, 6) is -0.441. The van der Waals surface area contributed by atoms with E-state index in [1.165, 1.54) is 18.2 Å². The van der Waals surface area contributed by atoms with Gasteiger partial charge in [0.15, 0.2) is 5.78 Å². The van der Waals surface area contributed by atoms with E-state index in [9.17, 15) is 19.5 Å². The van der Waals surface area contributed by atoms with Crippen LogP contribution in [0.25, 0.3) is 12.2 Å². The molecule has 25 heavy (non-hydrogen) atoms. The molecule has 124 valence electrons. The molecule has 1 aliphatic heterocycles. The zero-order chi connectivity index (χ0) is 17.8. The van der Waals surface area contributed by atoms with Crippen molar-refractivity contribution in [2.75, 3.05) is 0 Å². The first-order chi connectivity index (χ1) is 12.0. The van der Waals surface area contributed by atoms with Gasteiger partial charge in [0, 0.05) is 5.56 Å². The van der Waals surface area contributed by atoms with Crippen molar-refractivity contribution >= 4 is 40.8 Å². The minimum Gasteiger partial charge on any atom is -0.508 e. The molecule has 1 aliphatic rings. The molecule has 0 aliphatic carbocycles. The number of carbonyl (C=O) groups excluding carboxylic acids is 3. The molecule has 2 aromatic rings. The number of ketones is 1. The monoisotopic (exact) mass is 351 g/mol. The van der Waals surface area contributed by atoms with E-state index in [0.717, 1.165) is 22.9 Å². The average molecular weight is 351 g/mol. The Morgan fingerprint density at radius 3 is 2.20 bits per heavy atom. The van der Waals surface area contributed by atoms with Gasteiger partial charge < -0.3 is 5.11 Å². The van der Waals surface area contributed by atoms with E-state index < -0.39 is 5.91 Å². The van der Waals surface area contributed by atoms with E-state index in [2.05, 4.69) is 5.32 Å². The summed E-state index contributed by atoms with van der Waals surface area (Å²) in [4.78, 5) is 35.0. The normalized spacial score (nSPS) is 15.8. The minimum atomic E-state index is -0.390. The molecule has 0 spiro atoms.